The lowest BCUT2D eigenvalue weighted by Gasteiger charge is -2.40. The first-order chi connectivity index (χ1) is 7.43. The molecular formula is C13H28N2S. The molecule has 2 nitrogen and oxygen atoms in total. The summed E-state index contributed by atoms with van der Waals surface area (Å²) in [4.78, 5) is 2.62. The van der Waals surface area contributed by atoms with Crippen molar-refractivity contribution in [2.45, 2.75) is 45.4 Å². The molecule has 0 radical (unpaired) electrons. The van der Waals surface area contributed by atoms with E-state index in [4.69, 9.17) is 0 Å². The van der Waals surface area contributed by atoms with Gasteiger partial charge in [0.05, 0.1) is 0 Å². The molecule has 0 aromatic rings. The van der Waals surface area contributed by atoms with E-state index in [1.54, 1.807) is 0 Å². The van der Waals surface area contributed by atoms with Crippen molar-refractivity contribution < 1.29 is 0 Å². The highest BCUT2D eigenvalue weighted by atomic mass is 32.2. The number of rotatable bonds is 4. The lowest BCUT2D eigenvalue weighted by atomic mass is 9.85. The van der Waals surface area contributed by atoms with Crippen molar-refractivity contribution in [2.24, 2.45) is 5.41 Å². The van der Waals surface area contributed by atoms with Crippen molar-refractivity contribution in [3.8, 4) is 0 Å². The van der Waals surface area contributed by atoms with Gasteiger partial charge in [0, 0.05) is 30.9 Å². The van der Waals surface area contributed by atoms with E-state index in [1.165, 1.54) is 26.1 Å². The molecule has 0 aliphatic carbocycles. The molecule has 0 spiro atoms. The molecular weight excluding hydrogens is 216 g/mol. The quantitative estimate of drug-likeness (QED) is 0.818. The fourth-order valence-electron chi connectivity index (χ4n) is 2.08. The SMILES string of the molecule is CSC(C)CCN1CCNC(C(C)(C)C)C1. The molecule has 0 saturated carbocycles. The van der Waals surface area contributed by atoms with Crippen LogP contribution in [0.5, 0.6) is 0 Å². The minimum atomic E-state index is 0.379. The summed E-state index contributed by atoms with van der Waals surface area (Å²) >= 11 is 1.98. The number of nitrogens with zero attached hydrogens (tertiary/aromatic N) is 1. The molecule has 1 N–H and O–H groups in total. The number of piperazine rings is 1. The van der Waals surface area contributed by atoms with Crippen LogP contribution >= 0.6 is 11.8 Å². The Morgan fingerprint density at radius 2 is 2.12 bits per heavy atom. The summed E-state index contributed by atoms with van der Waals surface area (Å²) in [5.41, 5.74) is 0.379. The molecule has 0 aromatic heterocycles. The van der Waals surface area contributed by atoms with Gasteiger partial charge in [-0.15, -0.1) is 0 Å². The molecule has 1 rings (SSSR count). The van der Waals surface area contributed by atoms with Gasteiger partial charge in [-0.05, 0) is 24.6 Å². The van der Waals surface area contributed by atoms with Crippen molar-refractivity contribution in [3.63, 3.8) is 0 Å². The molecule has 3 heteroatoms. The van der Waals surface area contributed by atoms with Gasteiger partial charge in [0.2, 0.25) is 0 Å². The van der Waals surface area contributed by atoms with Gasteiger partial charge in [-0.25, -0.2) is 0 Å². The molecule has 1 aliphatic rings. The predicted molar refractivity (Wildman–Crippen MR) is 75.3 cm³/mol. The fourth-order valence-corrected chi connectivity index (χ4v) is 2.42. The van der Waals surface area contributed by atoms with Gasteiger partial charge in [0.25, 0.3) is 0 Å². The van der Waals surface area contributed by atoms with E-state index in [1.807, 2.05) is 11.8 Å². The van der Waals surface area contributed by atoms with E-state index >= 15 is 0 Å². The van der Waals surface area contributed by atoms with Crippen LogP contribution in [0, 0.1) is 5.41 Å². The van der Waals surface area contributed by atoms with Crippen LogP contribution in [0.2, 0.25) is 0 Å². The lowest BCUT2D eigenvalue weighted by Crippen LogP contribution is -2.56. The van der Waals surface area contributed by atoms with Gasteiger partial charge in [-0.3, -0.25) is 0 Å². The van der Waals surface area contributed by atoms with Gasteiger partial charge in [-0.1, -0.05) is 27.7 Å². The van der Waals surface area contributed by atoms with Crippen LogP contribution < -0.4 is 5.32 Å². The number of hydrogen-bond acceptors (Lipinski definition) is 3. The van der Waals surface area contributed by atoms with Crippen molar-refractivity contribution in [1.82, 2.24) is 10.2 Å². The van der Waals surface area contributed by atoms with Crippen molar-refractivity contribution >= 4 is 11.8 Å². The standard InChI is InChI=1S/C13H28N2S/c1-11(16-5)6-8-15-9-7-14-12(10-15)13(2,3)4/h11-12,14H,6-10H2,1-5H3. The highest BCUT2D eigenvalue weighted by Crippen LogP contribution is 2.22. The summed E-state index contributed by atoms with van der Waals surface area (Å²) in [6, 6.07) is 0.644. The minimum absolute atomic E-state index is 0.379. The Hall–Kier alpha value is 0.270. The van der Waals surface area contributed by atoms with Crippen molar-refractivity contribution in [1.29, 1.82) is 0 Å². The third-order valence-corrected chi connectivity index (χ3v) is 4.60. The average molecular weight is 244 g/mol. The Morgan fingerprint density at radius 1 is 1.44 bits per heavy atom. The fraction of sp³-hybridized carbons (Fsp3) is 1.00. The molecule has 2 unspecified atom stereocenters. The maximum atomic E-state index is 3.64. The van der Waals surface area contributed by atoms with Crippen molar-refractivity contribution in [2.75, 3.05) is 32.4 Å². The Morgan fingerprint density at radius 3 is 2.69 bits per heavy atom. The average Bonchev–Trinajstić information content (AvgIpc) is 2.25. The third-order valence-electron chi connectivity index (χ3n) is 3.56. The summed E-state index contributed by atoms with van der Waals surface area (Å²) < 4.78 is 0. The first-order valence-electron chi connectivity index (χ1n) is 6.42. The molecule has 16 heavy (non-hydrogen) atoms. The van der Waals surface area contributed by atoms with Crippen LogP contribution in [-0.2, 0) is 0 Å². The van der Waals surface area contributed by atoms with E-state index < -0.39 is 0 Å². The second-order valence-electron chi connectivity index (χ2n) is 6.01. The molecule has 1 aliphatic heterocycles. The highest BCUT2D eigenvalue weighted by Gasteiger charge is 2.28. The summed E-state index contributed by atoms with van der Waals surface area (Å²) in [6.07, 6.45) is 3.53. The molecule has 96 valence electrons. The zero-order valence-electron chi connectivity index (χ0n) is 11.5. The van der Waals surface area contributed by atoms with Gasteiger partial charge >= 0.3 is 0 Å². The van der Waals surface area contributed by atoms with E-state index in [-0.39, 0.29) is 0 Å². The maximum Gasteiger partial charge on any atom is 0.0244 e. The number of hydrogen-bond donors (Lipinski definition) is 1. The molecule has 1 fully saturated rings. The molecule has 0 bridgehead atoms. The second-order valence-corrected chi connectivity index (χ2v) is 7.28. The molecule has 0 amide bonds. The molecule has 0 aromatic carbocycles. The van der Waals surface area contributed by atoms with Crippen LogP contribution in [0.3, 0.4) is 0 Å². The number of thioether (sulfide) groups is 1. The first kappa shape index (κ1) is 14.3. The minimum Gasteiger partial charge on any atom is -0.311 e. The first-order valence-corrected chi connectivity index (χ1v) is 7.71. The summed E-state index contributed by atoms with van der Waals surface area (Å²) in [6.45, 7) is 14.2. The summed E-state index contributed by atoms with van der Waals surface area (Å²) in [5.74, 6) is 0. The lowest BCUT2D eigenvalue weighted by molar-refractivity contribution is 0.133. The summed E-state index contributed by atoms with van der Waals surface area (Å²) in [7, 11) is 0. The van der Waals surface area contributed by atoms with Gasteiger partial charge in [0.1, 0.15) is 0 Å². The zero-order valence-corrected chi connectivity index (χ0v) is 12.4. The third kappa shape index (κ3) is 4.64. The van der Waals surface area contributed by atoms with Crippen LogP contribution in [0.25, 0.3) is 0 Å². The van der Waals surface area contributed by atoms with Crippen molar-refractivity contribution in [3.05, 3.63) is 0 Å². The van der Waals surface area contributed by atoms with E-state index in [0.717, 1.165) is 11.8 Å². The predicted octanol–water partition coefficient (Wildman–Crippen LogP) is 2.45. The van der Waals surface area contributed by atoms with E-state index in [0.29, 0.717) is 11.5 Å². The molecule has 2 atom stereocenters. The number of nitrogens with one attached hydrogen (secondary N) is 1. The van der Waals surface area contributed by atoms with Gasteiger partial charge in [-0.2, -0.15) is 11.8 Å². The molecule has 1 saturated heterocycles. The van der Waals surface area contributed by atoms with E-state index in [2.05, 4.69) is 44.2 Å². The Bertz CT molecular complexity index is 201. The van der Waals surface area contributed by atoms with Crippen LogP contribution in [0.1, 0.15) is 34.1 Å². The zero-order chi connectivity index (χ0) is 12.2. The van der Waals surface area contributed by atoms with Crippen LogP contribution in [0.15, 0.2) is 0 Å². The monoisotopic (exact) mass is 244 g/mol. The normalized spacial score (nSPS) is 25.7. The topological polar surface area (TPSA) is 15.3 Å². The summed E-state index contributed by atoms with van der Waals surface area (Å²) in [5, 5.41) is 4.44. The second kappa shape index (κ2) is 6.27. The molecule has 1 heterocycles. The van der Waals surface area contributed by atoms with Crippen LogP contribution in [0.4, 0.5) is 0 Å². The Balaban J connectivity index is 2.33. The Kier molecular flexibility index (Phi) is 5.62. The smallest absolute Gasteiger partial charge is 0.0244 e. The van der Waals surface area contributed by atoms with Crippen LogP contribution in [-0.4, -0.2) is 48.6 Å². The largest absolute Gasteiger partial charge is 0.311 e. The highest BCUT2D eigenvalue weighted by molar-refractivity contribution is 7.99. The van der Waals surface area contributed by atoms with Gasteiger partial charge in [0.15, 0.2) is 0 Å². The van der Waals surface area contributed by atoms with Gasteiger partial charge < -0.3 is 10.2 Å². The van der Waals surface area contributed by atoms with E-state index in [9.17, 15) is 0 Å². The maximum absolute atomic E-state index is 3.64. The Labute approximate surface area is 106 Å².